The number of hydrogen-bond donors (Lipinski definition) is 1. The minimum atomic E-state index is -0.464. The van der Waals surface area contributed by atoms with E-state index in [1.165, 1.54) is 0 Å². The molecule has 19 heavy (non-hydrogen) atoms. The summed E-state index contributed by atoms with van der Waals surface area (Å²) in [6.07, 6.45) is -0.314. The number of rotatable bonds is 3. The minimum absolute atomic E-state index is 0. The Labute approximate surface area is 121 Å². The van der Waals surface area contributed by atoms with Crippen LogP contribution >= 0.6 is 12.4 Å². The lowest BCUT2D eigenvalue weighted by molar-refractivity contribution is 0.0285. The average molecular weight is 287 g/mol. The van der Waals surface area contributed by atoms with Gasteiger partial charge < -0.3 is 15.4 Å². The van der Waals surface area contributed by atoms with Crippen molar-refractivity contribution in [3.8, 4) is 0 Å². The number of carbonyl (C=O) groups is 1. The lowest BCUT2D eigenvalue weighted by atomic mass is 10.1. The fourth-order valence-corrected chi connectivity index (χ4v) is 1.46. The van der Waals surface area contributed by atoms with Crippen LogP contribution in [0.3, 0.4) is 0 Å². The van der Waals surface area contributed by atoms with Gasteiger partial charge in [-0.2, -0.15) is 0 Å². The third-order valence-electron chi connectivity index (χ3n) is 2.38. The van der Waals surface area contributed by atoms with Crippen LogP contribution in [0, 0.1) is 0 Å². The molecule has 1 rings (SSSR count). The number of nitrogens with two attached hydrogens (primary N) is 1. The molecule has 0 heterocycles. The second-order valence-electron chi connectivity index (χ2n) is 5.36. The van der Waals surface area contributed by atoms with E-state index in [0.29, 0.717) is 13.1 Å². The van der Waals surface area contributed by atoms with Crippen LogP contribution in [-0.4, -0.2) is 23.6 Å². The topological polar surface area (TPSA) is 55.6 Å². The van der Waals surface area contributed by atoms with E-state index in [4.69, 9.17) is 10.5 Å². The highest BCUT2D eigenvalue weighted by Gasteiger charge is 2.19. The molecule has 0 bridgehead atoms. The summed E-state index contributed by atoms with van der Waals surface area (Å²) in [7, 11) is 1.73. The zero-order valence-electron chi connectivity index (χ0n) is 12.0. The molecule has 5 heteroatoms. The van der Waals surface area contributed by atoms with E-state index in [1.54, 1.807) is 11.9 Å². The van der Waals surface area contributed by atoms with Gasteiger partial charge in [-0.15, -0.1) is 12.4 Å². The second-order valence-corrected chi connectivity index (χ2v) is 5.36. The summed E-state index contributed by atoms with van der Waals surface area (Å²) in [5, 5.41) is 0. The number of hydrogen-bond acceptors (Lipinski definition) is 3. The van der Waals surface area contributed by atoms with Crippen molar-refractivity contribution in [1.82, 2.24) is 4.90 Å². The van der Waals surface area contributed by atoms with E-state index in [9.17, 15) is 4.79 Å². The molecule has 1 aromatic carbocycles. The van der Waals surface area contributed by atoms with E-state index in [-0.39, 0.29) is 18.5 Å². The monoisotopic (exact) mass is 286 g/mol. The molecule has 0 aromatic heterocycles. The summed E-state index contributed by atoms with van der Waals surface area (Å²) in [5.74, 6) is 0. The van der Waals surface area contributed by atoms with Gasteiger partial charge in [0.05, 0.1) is 0 Å². The molecule has 1 amide bonds. The van der Waals surface area contributed by atoms with Crippen molar-refractivity contribution in [3.05, 3.63) is 35.4 Å². The summed E-state index contributed by atoms with van der Waals surface area (Å²) in [4.78, 5) is 13.3. The van der Waals surface area contributed by atoms with Crippen LogP contribution in [0.1, 0.15) is 31.9 Å². The molecule has 0 aliphatic heterocycles. The fraction of sp³-hybridized carbons (Fsp3) is 0.500. The van der Waals surface area contributed by atoms with Crippen LogP contribution in [0.5, 0.6) is 0 Å². The molecular formula is C14H23ClN2O2. The number of carbonyl (C=O) groups excluding carboxylic acids is 1. The normalized spacial score (nSPS) is 10.6. The molecule has 0 unspecified atom stereocenters. The number of benzene rings is 1. The lowest BCUT2D eigenvalue weighted by Crippen LogP contribution is -2.33. The highest BCUT2D eigenvalue weighted by molar-refractivity contribution is 5.85. The predicted molar refractivity (Wildman–Crippen MR) is 79.3 cm³/mol. The van der Waals surface area contributed by atoms with Crippen molar-refractivity contribution in [1.29, 1.82) is 0 Å². The van der Waals surface area contributed by atoms with Gasteiger partial charge in [-0.1, -0.05) is 24.3 Å². The van der Waals surface area contributed by atoms with Gasteiger partial charge in [-0.05, 0) is 31.9 Å². The molecule has 0 radical (unpaired) electrons. The minimum Gasteiger partial charge on any atom is -0.444 e. The first-order valence-electron chi connectivity index (χ1n) is 6.04. The largest absolute Gasteiger partial charge is 0.444 e. The molecule has 4 nitrogen and oxygen atoms in total. The zero-order chi connectivity index (χ0) is 13.8. The van der Waals surface area contributed by atoms with Crippen molar-refractivity contribution in [2.45, 2.75) is 39.5 Å². The standard InChI is InChI=1S/C14H22N2O2.ClH/c1-14(2,3)18-13(17)16(4)10-12-7-5-11(9-15)6-8-12;/h5-8H,9-10,15H2,1-4H3;1H. The highest BCUT2D eigenvalue weighted by Crippen LogP contribution is 2.12. The van der Waals surface area contributed by atoms with Gasteiger partial charge in [0.15, 0.2) is 0 Å². The number of ether oxygens (including phenoxy) is 1. The molecule has 0 aliphatic carbocycles. The molecule has 0 fully saturated rings. The first-order chi connectivity index (χ1) is 8.31. The molecule has 0 atom stereocenters. The molecular weight excluding hydrogens is 264 g/mol. The smallest absolute Gasteiger partial charge is 0.410 e. The highest BCUT2D eigenvalue weighted by atomic mass is 35.5. The Hall–Kier alpha value is -1.26. The molecule has 0 saturated heterocycles. The molecule has 108 valence electrons. The Bertz CT molecular complexity index is 399. The molecule has 0 spiro atoms. The van der Waals surface area contributed by atoms with E-state index in [0.717, 1.165) is 11.1 Å². The van der Waals surface area contributed by atoms with Crippen LogP contribution < -0.4 is 5.73 Å². The Kier molecular flexibility index (Phi) is 6.87. The van der Waals surface area contributed by atoms with Gasteiger partial charge in [0, 0.05) is 20.1 Å². The lowest BCUT2D eigenvalue weighted by Gasteiger charge is -2.24. The maximum atomic E-state index is 11.8. The van der Waals surface area contributed by atoms with Gasteiger partial charge in [0.25, 0.3) is 0 Å². The Morgan fingerprint density at radius 2 is 1.68 bits per heavy atom. The van der Waals surface area contributed by atoms with Gasteiger partial charge in [-0.3, -0.25) is 0 Å². The predicted octanol–water partition coefficient (Wildman–Crippen LogP) is 2.93. The molecule has 0 aliphatic rings. The van der Waals surface area contributed by atoms with Crippen molar-refractivity contribution in [2.75, 3.05) is 7.05 Å². The first kappa shape index (κ1) is 17.7. The third kappa shape index (κ3) is 6.45. The van der Waals surface area contributed by atoms with E-state index >= 15 is 0 Å². The Balaban J connectivity index is 0.00000324. The molecule has 0 saturated carbocycles. The maximum Gasteiger partial charge on any atom is 0.410 e. The van der Waals surface area contributed by atoms with Crippen LogP contribution in [0.15, 0.2) is 24.3 Å². The summed E-state index contributed by atoms with van der Waals surface area (Å²) < 4.78 is 5.28. The van der Waals surface area contributed by atoms with Gasteiger partial charge in [0.1, 0.15) is 5.60 Å². The first-order valence-corrected chi connectivity index (χ1v) is 6.04. The van der Waals surface area contributed by atoms with Gasteiger partial charge in [0.2, 0.25) is 0 Å². The van der Waals surface area contributed by atoms with E-state index < -0.39 is 5.60 Å². The third-order valence-corrected chi connectivity index (χ3v) is 2.38. The number of amides is 1. The van der Waals surface area contributed by atoms with E-state index in [2.05, 4.69) is 0 Å². The van der Waals surface area contributed by atoms with Crippen molar-refractivity contribution >= 4 is 18.5 Å². The molecule has 1 aromatic rings. The average Bonchev–Trinajstić information content (AvgIpc) is 2.27. The van der Waals surface area contributed by atoms with Crippen LogP contribution in [0.2, 0.25) is 0 Å². The number of nitrogens with zero attached hydrogens (tertiary/aromatic N) is 1. The molecule has 2 N–H and O–H groups in total. The maximum absolute atomic E-state index is 11.8. The summed E-state index contributed by atoms with van der Waals surface area (Å²) in [6.45, 7) is 6.63. The van der Waals surface area contributed by atoms with Crippen molar-refractivity contribution in [2.24, 2.45) is 5.73 Å². The SMILES string of the molecule is CN(Cc1ccc(CN)cc1)C(=O)OC(C)(C)C.Cl. The second kappa shape index (κ2) is 7.36. The zero-order valence-corrected chi connectivity index (χ0v) is 12.8. The fourth-order valence-electron chi connectivity index (χ4n) is 1.46. The quantitative estimate of drug-likeness (QED) is 0.929. The van der Waals surface area contributed by atoms with Crippen LogP contribution in [0.4, 0.5) is 4.79 Å². The summed E-state index contributed by atoms with van der Waals surface area (Å²) >= 11 is 0. The van der Waals surface area contributed by atoms with Crippen molar-refractivity contribution < 1.29 is 9.53 Å². The Morgan fingerprint density at radius 1 is 1.21 bits per heavy atom. The van der Waals surface area contributed by atoms with Crippen molar-refractivity contribution in [3.63, 3.8) is 0 Å². The van der Waals surface area contributed by atoms with Gasteiger partial charge >= 0.3 is 6.09 Å². The van der Waals surface area contributed by atoms with Crippen LogP contribution in [0.25, 0.3) is 0 Å². The number of halogens is 1. The summed E-state index contributed by atoms with van der Waals surface area (Å²) in [6, 6.07) is 7.89. The Morgan fingerprint density at radius 3 is 2.11 bits per heavy atom. The van der Waals surface area contributed by atoms with Gasteiger partial charge in [-0.25, -0.2) is 4.79 Å². The van der Waals surface area contributed by atoms with Crippen LogP contribution in [-0.2, 0) is 17.8 Å². The summed E-state index contributed by atoms with van der Waals surface area (Å²) in [5.41, 5.74) is 7.21. The van der Waals surface area contributed by atoms with E-state index in [1.807, 2.05) is 45.0 Å².